The van der Waals surface area contributed by atoms with Crippen molar-refractivity contribution in [2.45, 2.75) is 0 Å². The Kier molecular flexibility index (Phi) is 1.47. The number of rotatable bonds is 1. The normalized spacial score (nSPS) is 10.3. The fraction of sp³-hybridized carbons (Fsp3) is 0. The quantitative estimate of drug-likeness (QED) is 0.670. The van der Waals surface area contributed by atoms with Crippen molar-refractivity contribution in [3.05, 3.63) is 17.6 Å². The minimum absolute atomic E-state index is 0.405. The molecule has 0 spiro atoms. The minimum atomic E-state index is 0.405. The molecular weight excluding hydrogens is 174 g/mol. The first-order valence-electron chi connectivity index (χ1n) is 3.28. The van der Waals surface area contributed by atoms with E-state index in [1.54, 1.807) is 12.3 Å². The highest BCUT2D eigenvalue weighted by molar-refractivity contribution is 7.12. The number of thiazole rings is 1. The molecule has 12 heavy (non-hydrogen) atoms. The number of hydrogen-bond donors (Lipinski definition) is 2. The Hall–Kier alpha value is -1.56. The summed E-state index contributed by atoms with van der Waals surface area (Å²) in [6, 6.07) is 1.60. The predicted molar refractivity (Wildman–Crippen MR) is 48.1 cm³/mol. The molecule has 0 saturated heterocycles. The van der Waals surface area contributed by atoms with E-state index < -0.39 is 0 Å². The standard InChI is InChI=1S/C6H7N5S/c7-4-3-5(8)11(10-4)6-9-1-2-12-6/h1-3H,8H2,(H2,7,10). The van der Waals surface area contributed by atoms with Crippen LogP contribution < -0.4 is 11.5 Å². The van der Waals surface area contributed by atoms with E-state index in [9.17, 15) is 0 Å². The number of nitrogens with two attached hydrogens (primary N) is 2. The third-order valence-electron chi connectivity index (χ3n) is 1.36. The molecule has 0 saturated carbocycles. The lowest BCUT2D eigenvalue weighted by atomic mass is 10.6. The van der Waals surface area contributed by atoms with Crippen molar-refractivity contribution in [1.82, 2.24) is 14.8 Å². The van der Waals surface area contributed by atoms with Crippen LogP contribution in [-0.4, -0.2) is 14.8 Å². The molecule has 0 aliphatic carbocycles. The van der Waals surface area contributed by atoms with Gasteiger partial charge in [0.15, 0.2) is 0 Å². The highest BCUT2D eigenvalue weighted by Gasteiger charge is 2.05. The molecule has 4 N–H and O–H groups in total. The Morgan fingerprint density at radius 1 is 1.42 bits per heavy atom. The van der Waals surface area contributed by atoms with Gasteiger partial charge in [-0.05, 0) is 0 Å². The topological polar surface area (TPSA) is 82.8 Å². The second-order valence-electron chi connectivity index (χ2n) is 2.22. The van der Waals surface area contributed by atoms with Gasteiger partial charge in [-0.25, -0.2) is 4.98 Å². The monoisotopic (exact) mass is 181 g/mol. The highest BCUT2D eigenvalue weighted by atomic mass is 32.1. The molecule has 0 bridgehead atoms. The number of aromatic nitrogens is 3. The SMILES string of the molecule is Nc1cc(N)n(-c2nccs2)n1. The molecular formula is C6H7N5S. The molecule has 0 fully saturated rings. The van der Waals surface area contributed by atoms with Gasteiger partial charge in [-0.2, -0.15) is 4.68 Å². The molecule has 62 valence electrons. The molecule has 2 rings (SSSR count). The lowest BCUT2D eigenvalue weighted by Gasteiger charge is -1.95. The van der Waals surface area contributed by atoms with Crippen molar-refractivity contribution >= 4 is 23.0 Å². The molecule has 2 aromatic heterocycles. The van der Waals surface area contributed by atoms with E-state index in [2.05, 4.69) is 10.1 Å². The van der Waals surface area contributed by atoms with Crippen LogP contribution in [0.1, 0.15) is 0 Å². The average molecular weight is 181 g/mol. The zero-order chi connectivity index (χ0) is 8.55. The van der Waals surface area contributed by atoms with Crippen LogP contribution in [0.15, 0.2) is 17.6 Å². The molecule has 5 nitrogen and oxygen atoms in total. The van der Waals surface area contributed by atoms with Crippen LogP contribution in [0.3, 0.4) is 0 Å². The first kappa shape index (κ1) is 7.11. The second-order valence-corrected chi connectivity index (χ2v) is 3.09. The first-order valence-corrected chi connectivity index (χ1v) is 4.16. The molecule has 0 unspecified atom stereocenters. The number of anilines is 2. The van der Waals surface area contributed by atoms with Crippen molar-refractivity contribution in [2.75, 3.05) is 11.5 Å². The third-order valence-corrected chi connectivity index (χ3v) is 2.10. The Morgan fingerprint density at radius 2 is 2.25 bits per heavy atom. The van der Waals surface area contributed by atoms with Crippen LogP contribution in [0.25, 0.3) is 5.13 Å². The summed E-state index contributed by atoms with van der Waals surface area (Å²) < 4.78 is 1.51. The summed E-state index contributed by atoms with van der Waals surface area (Å²) in [5.74, 6) is 0.908. The zero-order valence-electron chi connectivity index (χ0n) is 6.14. The Bertz CT molecular complexity index is 377. The molecule has 0 aliphatic rings. The summed E-state index contributed by atoms with van der Waals surface area (Å²) in [4.78, 5) is 4.04. The van der Waals surface area contributed by atoms with Gasteiger partial charge < -0.3 is 11.5 Å². The van der Waals surface area contributed by atoms with Crippen molar-refractivity contribution < 1.29 is 0 Å². The predicted octanol–water partition coefficient (Wildman–Crippen LogP) is 0.493. The van der Waals surface area contributed by atoms with E-state index in [0.717, 1.165) is 5.13 Å². The van der Waals surface area contributed by atoms with Crippen molar-refractivity contribution in [3.8, 4) is 5.13 Å². The Balaban J connectivity index is 2.54. The largest absolute Gasteiger partial charge is 0.383 e. The van der Waals surface area contributed by atoms with Crippen LogP contribution in [0, 0.1) is 0 Å². The molecule has 0 atom stereocenters. The summed E-state index contributed by atoms with van der Waals surface area (Å²) in [5, 5.41) is 6.55. The molecule has 0 radical (unpaired) electrons. The summed E-state index contributed by atoms with van der Waals surface area (Å²) in [7, 11) is 0. The van der Waals surface area contributed by atoms with Crippen LogP contribution in [-0.2, 0) is 0 Å². The maximum Gasteiger partial charge on any atom is 0.212 e. The Morgan fingerprint density at radius 3 is 2.75 bits per heavy atom. The van der Waals surface area contributed by atoms with Gasteiger partial charge >= 0.3 is 0 Å². The summed E-state index contributed by atoms with van der Waals surface area (Å²) >= 11 is 1.46. The third kappa shape index (κ3) is 1.02. The van der Waals surface area contributed by atoms with Crippen molar-refractivity contribution in [2.24, 2.45) is 0 Å². The number of nitrogen functional groups attached to an aromatic ring is 2. The fourth-order valence-electron chi connectivity index (χ4n) is 0.888. The lowest BCUT2D eigenvalue weighted by Crippen LogP contribution is -2.00. The van der Waals surface area contributed by atoms with Crippen LogP contribution >= 0.6 is 11.3 Å². The van der Waals surface area contributed by atoms with Gasteiger partial charge in [0.25, 0.3) is 0 Å². The second kappa shape index (κ2) is 2.49. The maximum absolute atomic E-state index is 5.62. The molecule has 0 amide bonds. The average Bonchev–Trinajstić information content (AvgIpc) is 2.58. The van der Waals surface area contributed by atoms with E-state index in [1.807, 2.05) is 5.38 Å². The Labute approximate surface area is 72.6 Å². The van der Waals surface area contributed by atoms with E-state index in [-0.39, 0.29) is 0 Å². The van der Waals surface area contributed by atoms with Crippen molar-refractivity contribution in [1.29, 1.82) is 0 Å². The number of nitrogens with zero attached hydrogens (tertiary/aromatic N) is 3. The first-order chi connectivity index (χ1) is 5.77. The molecule has 2 heterocycles. The van der Waals surface area contributed by atoms with Gasteiger partial charge in [-0.1, -0.05) is 0 Å². The molecule has 2 aromatic rings. The van der Waals surface area contributed by atoms with E-state index in [4.69, 9.17) is 11.5 Å². The van der Waals surface area contributed by atoms with Gasteiger partial charge in [0.2, 0.25) is 5.13 Å². The van der Waals surface area contributed by atoms with Gasteiger partial charge in [-0.15, -0.1) is 16.4 Å². The number of hydrogen-bond acceptors (Lipinski definition) is 5. The van der Waals surface area contributed by atoms with Gasteiger partial charge in [0, 0.05) is 17.6 Å². The van der Waals surface area contributed by atoms with Gasteiger partial charge in [0.1, 0.15) is 11.6 Å². The van der Waals surface area contributed by atoms with E-state index in [1.165, 1.54) is 16.0 Å². The smallest absolute Gasteiger partial charge is 0.212 e. The van der Waals surface area contributed by atoms with Crippen molar-refractivity contribution in [3.63, 3.8) is 0 Å². The summed E-state index contributed by atoms with van der Waals surface area (Å²) in [6.45, 7) is 0. The lowest BCUT2D eigenvalue weighted by molar-refractivity contribution is 0.885. The van der Waals surface area contributed by atoms with Gasteiger partial charge in [-0.3, -0.25) is 0 Å². The maximum atomic E-state index is 5.62. The highest BCUT2D eigenvalue weighted by Crippen LogP contribution is 2.16. The van der Waals surface area contributed by atoms with Gasteiger partial charge in [0.05, 0.1) is 0 Å². The van der Waals surface area contributed by atoms with E-state index in [0.29, 0.717) is 11.6 Å². The molecule has 6 heteroatoms. The summed E-state index contributed by atoms with van der Waals surface area (Å²) in [5.41, 5.74) is 11.1. The minimum Gasteiger partial charge on any atom is -0.383 e. The van der Waals surface area contributed by atoms with Crippen LogP contribution in [0.5, 0.6) is 0 Å². The molecule has 0 aromatic carbocycles. The zero-order valence-corrected chi connectivity index (χ0v) is 6.95. The fourth-order valence-corrected chi connectivity index (χ4v) is 1.50. The van der Waals surface area contributed by atoms with Crippen LogP contribution in [0.2, 0.25) is 0 Å². The van der Waals surface area contributed by atoms with Crippen LogP contribution in [0.4, 0.5) is 11.6 Å². The molecule has 0 aliphatic heterocycles. The van der Waals surface area contributed by atoms with E-state index >= 15 is 0 Å². The summed E-state index contributed by atoms with van der Waals surface area (Å²) in [6.07, 6.45) is 1.69.